The molecule has 47 valence electrons. The van der Waals surface area contributed by atoms with E-state index in [1.54, 1.807) is 0 Å². The third-order valence-corrected chi connectivity index (χ3v) is 0.513. The number of rotatable bonds is 0. The Bertz CT molecular complexity index is 122. The molecule has 0 rings (SSSR count). The van der Waals surface area contributed by atoms with Crippen LogP contribution in [0.1, 0.15) is 0 Å². The fourth-order valence-electron chi connectivity index (χ4n) is 0. The molecular weight excluding hydrogens is 214 g/mol. The average molecular weight is 217 g/mol. The van der Waals surface area contributed by atoms with Crippen molar-refractivity contribution < 1.29 is 28.2 Å². The monoisotopic (exact) mass is 215 g/mol. The summed E-state index contributed by atoms with van der Waals surface area (Å²) in [6.45, 7) is 0. The minimum Gasteiger partial charge on any atom is -0.464 e. The number of thiol groups is 2. The van der Waals surface area contributed by atoms with Gasteiger partial charge < -0.3 is 5.11 Å². The van der Waals surface area contributed by atoms with Gasteiger partial charge in [0.2, 0.25) is 0 Å². The standard InChI is InChI=1S/CH3NO2S2.CN.Zn/c3-1(4)2(5)6;1-2;/h5-6H,(H,3,4);;. The number of nitrogens with zero attached hydrogens (tertiary/aromatic N) is 2. The molecule has 0 aromatic heterocycles. The summed E-state index contributed by atoms with van der Waals surface area (Å²) in [6, 6.07) is 0. The maximum atomic E-state index is 9.47. The minimum absolute atomic E-state index is 0.472. The van der Waals surface area contributed by atoms with E-state index in [0.717, 1.165) is 18.3 Å². The predicted octanol–water partition coefficient (Wildman–Crippen LogP) is 0.670. The number of carboxylic acid groups (broad SMARTS) is 1. The van der Waals surface area contributed by atoms with E-state index < -0.39 is 6.09 Å². The van der Waals surface area contributed by atoms with Crippen LogP contribution in [0.5, 0.6) is 0 Å². The van der Waals surface area contributed by atoms with Gasteiger partial charge in [0.05, 0.1) is 0 Å². The first kappa shape index (κ1) is 11.8. The molecule has 0 atom stereocenters. The molecule has 0 saturated heterocycles. The van der Waals surface area contributed by atoms with Crippen LogP contribution < -0.4 is 0 Å². The first-order valence-electron chi connectivity index (χ1n) is 1.63. The van der Waals surface area contributed by atoms with Gasteiger partial charge in [0.15, 0.2) is 0 Å². The summed E-state index contributed by atoms with van der Waals surface area (Å²) in [5.41, 5.74) is 0. The molecule has 7 heteroatoms. The largest absolute Gasteiger partial charge is 0.464 e. The third-order valence-electron chi connectivity index (χ3n) is 0.171. The average Bonchev–Trinajstić information content (AvgIpc) is 1.68. The maximum absolute atomic E-state index is 9.47. The molecule has 0 heterocycles. The van der Waals surface area contributed by atoms with Crippen molar-refractivity contribution in [3.05, 3.63) is 0 Å². The molecule has 0 unspecified atom stereocenters. The fourth-order valence-corrected chi connectivity index (χ4v) is 0. The quantitative estimate of drug-likeness (QED) is 0.412. The van der Waals surface area contributed by atoms with Crippen LogP contribution in [0.3, 0.4) is 0 Å². The Hall–Kier alpha value is 0.0834. The van der Waals surface area contributed by atoms with Gasteiger partial charge in [-0.2, -0.15) is 3.71 Å². The summed E-state index contributed by atoms with van der Waals surface area (Å²) >= 11 is 7.33. The van der Waals surface area contributed by atoms with E-state index in [1.807, 2.05) is 4.66 Å². The zero-order chi connectivity index (χ0) is 7.86. The maximum Gasteiger partial charge on any atom is 0.427 e. The Labute approximate surface area is 73.6 Å². The van der Waals surface area contributed by atoms with Crippen LogP contribution in [0, 0.1) is 9.93 Å². The van der Waals surface area contributed by atoms with Crippen LogP contribution in [-0.4, -0.2) is 14.9 Å². The second-order valence-electron chi connectivity index (χ2n) is 0.730. The summed E-state index contributed by atoms with van der Waals surface area (Å²) in [4.78, 5) is 9.47. The smallest absolute Gasteiger partial charge is 0.427 e. The molecule has 0 aromatic carbocycles. The molecular formula is C2H3N2O2S2Zn. The molecule has 1 N–H and O–H groups in total. The molecule has 0 spiro atoms. The Morgan fingerprint density at radius 3 is 1.89 bits per heavy atom. The third kappa shape index (κ3) is 17.9. The SMILES string of the molecule is N#[C][Zn].O=C(O)N(S)S. The number of hydrogen-bond acceptors (Lipinski definition) is 4. The predicted molar refractivity (Wildman–Crippen MR) is 33.4 cm³/mol. The van der Waals surface area contributed by atoms with Crippen molar-refractivity contribution in [1.82, 2.24) is 3.71 Å². The molecule has 0 saturated carbocycles. The number of carbonyl (C=O) groups is 1. The summed E-state index contributed by atoms with van der Waals surface area (Å²) in [5, 5.41) is 15.1. The number of nitriles is 1. The molecule has 0 aromatic rings. The zero-order valence-electron chi connectivity index (χ0n) is 4.35. The molecule has 0 aliphatic rings. The van der Waals surface area contributed by atoms with Gasteiger partial charge >= 0.3 is 34.3 Å². The van der Waals surface area contributed by atoms with Crippen molar-refractivity contribution >= 4 is 31.7 Å². The van der Waals surface area contributed by atoms with E-state index in [-0.39, 0.29) is 0 Å². The number of hydrogen-bond donors (Lipinski definition) is 3. The van der Waals surface area contributed by atoms with E-state index in [9.17, 15) is 4.79 Å². The second kappa shape index (κ2) is 8.08. The normalized spacial score (nSPS) is 6.11. The van der Waals surface area contributed by atoms with Crippen LogP contribution >= 0.6 is 25.6 Å². The van der Waals surface area contributed by atoms with Gasteiger partial charge in [-0.3, -0.25) is 0 Å². The Morgan fingerprint density at radius 1 is 1.78 bits per heavy atom. The fraction of sp³-hybridized carbons (Fsp3) is 0. The van der Waals surface area contributed by atoms with Gasteiger partial charge in [-0.05, 0) is 25.6 Å². The first-order valence-corrected chi connectivity index (χ1v) is 3.91. The van der Waals surface area contributed by atoms with Crippen LogP contribution in [0.25, 0.3) is 0 Å². The molecule has 0 radical (unpaired) electrons. The van der Waals surface area contributed by atoms with Gasteiger partial charge in [0.1, 0.15) is 0 Å². The Morgan fingerprint density at radius 2 is 1.89 bits per heavy atom. The summed E-state index contributed by atoms with van der Waals surface area (Å²) < 4.78 is 2.35. The van der Waals surface area contributed by atoms with Gasteiger partial charge in [0.25, 0.3) is 0 Å². The summed E-state index contributed by atoms with van der Waals surface area (Å²) in [7, 11) is 0. The minimum atomic E-state index is -1.18. The molecule has 0 aliphatic carbocycles. The number of amides is 1. The van der Waals surface area contributed by atoms with Crippen molar-refractivity contribution in [2.24, 2.45) is 0 Å². The van der Waals surface area contributed by atoms with Crippen LogP contribution in [-0.2, 0) is 18.3 Å². The zero-order valence-corrected chi connectivity index (χ0v) is 9.11. The van der Waals surface area contributed by atoms with Gasteiger partial charge in [-0.25, -0.2) is 4.79 Å². The summed E-state index contributed by atoms with van der Waals surface area (Å²) in [5.74, 6) is 0. The van der Waals surface area contributed by atoms with Crippen LogP contribution in [0.2, 0.25) is 0 Å². The van der Waals surface area contributed by atoms with E-state index in [0.29, 0.717) is 3.71 Å². The van der Waals surface area contributed by atoms with Crippen molar-refractivity contribution in [2.45, 2.75) is 0 Å². The van der Waals surface area contributed by atoms with Crippen LogP contribution in [0.15, 0.2) is 0 Å². The van der Waals surface area contributed by atoms with Crippen molar-refractivity contribution in [1.29, 1.82) is 5.26 Å². The molecule has 4 nitrogen and oxygen atoms in total. The molecule has 1 amide bonds. The van der Waals surface area contributed by atoms with E-state index >= 15 is 0 Å². The van der Waals surface area contributed by atoms with Gasteiger partial charge in [0, 0.05) is 0 Å². The first-order chi connectivity index (χ1) is 4.06. The van der Waals surface area contributed by atoms with Crippen molar-refractivity contribution in [3.8, 4) is 4.66 Å². The van der Waals surface area contributed by atoms with Crippen molar-refractivity contribution in [2.75, 3.05) is 0 Å². The molecule has 0 fully saturated rings. The van der Waals surface area contributed by atoms with E-state index in [4.69, 9.17) is 10.4 Å². The second-order valence-corrected chi connectivity index (χ2v) is 2.51. The van der Waals surface area contributed by atoms with Gasteiger partial charge in [-0.1, -0.05) is 0 Å². The van der Waals surface area contributed by atoms with Crippen LogP contribution in [0.4, 0.5) is 4.79 Å². The molecule has 0 aliphatic heterocycles. The molecule has 9 heavy (non-hydrogen) atoms. The molecule has 0 bridgehead atoms. The van der Waals surface area contributed by atoms with E-state index in [2.05, 4.69) is 25.6 Å². The Kier molecular flexibility index (Phi) is 10.6. The van der Waals surface area contributed by atoms with E-state index in [1.165, 1.54) is 0 Å². The van der Waals surface area contributed by atoms with Crippen molar-refractivity contribution in [3.63, 3.8) is 0 Å². The summed E-state index contributed by atoms with van der Waals surface area (Å²) in [6.07, 6.45) is -1.18. The topological polar surface area (TPSA) is 64.3 Å². The Balaban J connectivity index is 0. The van der Waals surface area contributed by atoms with Gasteiger partial charge in [-0.15, -0.1) is 0 Å².